The van der Waals surface area contributed by atoms with Crippen molar-refractivity contribution in [3.8, 4) is 0 Å². The summed E-state index contributed by atoms with van der Waals surface area (Å²) >= 11 is 0. The summed E-state index contributed by atoms with van der Waals surface area (Å²) in [4.78, 5) is 16.0. The molecule has 1 unspecified atom stereocenters. The number of sulfonamides is 1. The van der Waals surface area contributed by atoms with Gasteiger partial charge < -0.3 is 4.90 Å². The third kappa shape index (κ3) is 4.60. The molecule has 3 aliphatic rings. The summed E-state index contributed by atoms with van der Waals surface area (Å²) in [6.45, 7) is 0.548. The highest BCUT2D eigenvalue weighted by atomic mass is 32.2. The number of hydrogen-bond acceptors (Lipinski definition) is 5. The van der Waals surface area contributed by atoms with Crippen molar-refractivity contribution in [1.82, 2.24) is 0 Å². The van der Waals surface area contributed by atoms with E-state index in [0.29, 0.717) is 22.7 Å². The molecule has 1 amide bonds. The molecule has 0 bridgehead atoms. The van der Waals surface area contributed by atoms with Gasteiger partial charge in [-0.3, -0.25) is 9.52 Å². The van der Waals surface area contributed by atoms with Crippen LogP contribution in [0.25, 0.3) is 0 Å². The highest BCUT2D eigenvalue weighted by Gasteiger charge is 2.45. The Labute approximate surface area is 208 Å². The molecular formula is C26H33N3O4S2. The molecule has 1 spiro atoms. The number of anilines is 2. The Morgan fingerprint density at radius 2 is 1.71 bits per heavy atom. The molecule has 2 N–H and O–H groups in total. The summed E-state index contributed by atoms with van der Waals surface area (Å²) in [6.07, 6.45) is 9.94. The van der Waals surface area contributed by atoms with E-state index in [1.54, 1.807) is 35.2 Å². The van der Waals surface area contributed by atoms with Crippen LogP contribution in [0, 0.1) is 4.78 Å². The van der Waals surface area contributed by atoms with Crippen molar-refractivity contribution >= 4 is 37.0 Å². The van der Waals surface area contributed by atoms with E-state index in [4.69, 9.17) is 4.78 Å². The first-order valence-corrected chi connectivity index (χ1v) is 15.9. The van der Waals surface area contributed by atoms with Crippen LogP contribution < -0.4 is 9.62 Å². The summed E-state index contributed by atoms with van der Waals surface area (Å²) in [6, 6.07) is 12.3. The predicted octanol–water partition coefficient (Wildman–Crippen LogP) is 5.27. The first-order valence-electron chi connectivity index (χ1n) is 12.4. The minimum Gasteiger partial charge on any atom is -0.307 e. The zero-order chi connectivity index (χ0) is 24.8. The van der Waals surface area contributed by atoms with Gasteiger partial charge in [-0.05, 0) is 67.6 Å². The van der Waals surface area contributed by atoms with Gasteiger partial charge in [-0.25, -0.2) is 17.4 Å². The van der Waals surface area contributed by atoms with Crippen LogP contribution >= 0.6 is 0 Å². The standard InChI is InChI=1S/C26H33N3O4S2/c1-34(31,32)28-20-12-13-24-23(17-20)26(14-5-2-6-15-26)18-29(24)25(30)19-8-7-11-22(16-19)35(27,33)21-9-3-4-10-21/h7-8,11-13,16-17,21,27-28H,2-6,9-10,14-15,18H2,1H3. The van der Waals surface area contributed by atoms with E-state index in [2.05, 4.69) is 4.72 Å². The summed E-state index contributed by atoms with van der Waals surface area (Å²) in [5, 5.41) is -0.147. The minimum atomic E-state index is -3.41. The average Bonchev–Trinajstić information content (AvgIpc) is 3.47. The monoisotopic (exact) mass is 515 g/mol. The number of nitrogens with zero attached hydrogens (tertiary/aromatic N) is 1. The minimum absolute atomic E-state index is 0.147. The lowest BCUT2D eigenvalue weighted by Gasteiger charge is -2.34. The maximum atomic E-state index is 13.8. The Hall–Kier alpha value is -2.39. The van der Waals surface area contributed by atoms with Gasteiger partial charge in [-0.1, -0.05) is 38.2 Å². The third-order valence-corrected chi connectivity index (χ3v) is 10.9. The van der Waals surface area contributed by atoms with Crippen molar-refractivity contribution in [2.24, 2.45) is 0 Å². The van der Waals surface area contributed by atoms with E-state index in [-0.39, 0.29) is 16.6 Å². The summed E-state index contributed by atoms with van der Waals surface area (Å²) in [5.41, 5.74) is 2.59. The van der Waals surface area contributed by atoms with Crippen molar-refractivity contribution in [1.29, 1.82) is 4.78 Å². The molecule has 5 rings (SSSR count). The van der Waals surface area contributed by atoms with Gasteiger partial charge in [-0.15, -0.1) is 0 Å². The number of benzene rings is 2. The molecule has 35 heavy (non-hydrogen) atoms. The van der Waals surface area contributed by atoms with E-state index < -0.39 is 19.8 Å². The van der Waals surface area contributed by atoms with Crippen LogP contribution in [-0.4, -0.2) is 36.6 Å². The number of amides is 1. The van der Waals surface area contributed by atoms with Crippen LogP contribution in [0.2, 0.25) is 0 Å². The van der Waals surface area contributed by atoms with Gasteiger partial charge in [-0.2, -0.15) is 0 Å². The Kier molecular flexibility index (Phi) is 6.20. The fraction of sp³-hybridized carbons (Fsp3) is 0.500. The Balaban J connectivity index is 1.51. The van der Waals surface area contributed by atoms with Gasteiger partial charge in [0.25, 0.3) is 5.91 Å². The zero-order valence-corrected chi connectivity index (χ0v) is 21.7. The molecule has 1 aliphatic heterocycles. The molecule has 0 aromatic heterocycles. The number of hydrogen-bond donors (Lipinski definition) is 2. The first-order chi connectivity index (χ1) is 16.6. The first kappa shape index (κ1) is 24.3. The van der Waals surface area contributed by atoms with E-state index >= 15 is 0 Å². The Morgan fingerprint density at radius 1 is 1.00 bits per heavy atom. The molecule has 7 nitrogen and oxygen atoms in total. The van der Waals surface area contributed by atoms with Crippen molar-refractivity contribution < 1.29 is 17.4 Å². The molecule has 2 aliphatic carbocycles. The van der Waals surface area contributed by atoms with Crippen molar-refractivity contribution in [2.75, 3.05) is 22.4 Å². The molecule has 9 heteroatoms. The van der Waals surface area contributed by atoms with Gasteiger partial charge in [0.15, 0.2) is 0 Å². The fourth-order valence-electron chi connectivity index (χ4n) is 6.17. The fourth-order valence-corrected chi connectivity index (χ4v) is 8.69. The van der Waals surface area contributed by atoms with Crippen LogP contribution in [0.15, 0.2) is 47.4 Å². The molecule has 0 radical (unpaired) electrons. The van der Waals surface area contributed by atoms with Gasteiger partial charge >= 0.3 is 0 Å². The van der Waals surface area contributed by atoms with Crippen molar-refractivity contribution in [3.05, 3.63) is 53.6 Å². The zero-order valence-electron chi connectivity index (χ0n) is 20.1. The number of carbonyl (C=O) groups excluding carboxylic acids is 1. The number of carbonyl (C=O) groups is 1. The van der Waals surface area contributed by atoms with Crippen LogP contribution in [-0.2, 0) is 25.2 Å². The topological polar surface area (TPSA) is 107 Å². The van der Waals surface area contributed by atoms with Crippen LogP contribution in [0.5, 0.6) is 0 Å². The number of nitrogens with one attached hydrogen (secondary N) is 2. The molecule has 2 aromatic rings. The smallest absolute Gasteiger partial charge is 0.258 e. The van der Waals surface area contributed by atoms with E-state index in [1.807, 2.05) is 12.1 Å². The molecule has 0 saturated heterocycles. The van der Waals surface area contributed by atoms with Gasteiger partial charge in [0.2, 0.25) is 10.0 Å². The van der Waals surface area contributed by atoms with E-state index in [9.17, 15) is 17.4 Å². The maximum Gasteiger partial charge on any atom is 0.258 e. The summed E-state index contributed by atoms with van der Waals surface area (Å²) < 4.78 is 48.2. The molecule has 2 saturated carbocycles. The number of rotatable bonds is 5. The number of fused-ring (bicyclic) bond motifs is 2. The van der Waals surface area contributed by atoms with E-state index in [1.165, 1.54) is 0 Å². The summed E-state index contributed by atoms with van der Waals surface area (Å²) in [7, 11) is -6.38. The highest BCUT2D eigenvalue weighted by Crippen LogP contribution is 2.50. The predicted molar refractivity (Wildman–Crippen MR) is 139 cm³/mol. The van der Waals surface area contributed by atoms with Crippen LogP contribution in [0.4, 0.5) is 11.4 Å². The second kappa shape index (κ2) is 8.92. The third-order valence-electron chi connectivity index (χ3n) is 7.88. The lowest BCUT2D eigenvalue weighted by molar-refractivity contribution is 0.0982. The lowest BCUT2D eigenvalue weighted by atomic mass is 9.70. The van der Waals surface area contributed by atoms with Crippen molar-refractivity contribution in [3.63, 3.8) is 0 Å². The van der Waals surface area contributed by atoms with Gasteiger partial charge in [0.05, 0.1) is 16.0 Å². The second-order valence-corrected chi connectivity index (χ2v) is 14.5. The Morgan fingerprint density at radius 3 is 2.40 bits per heavy atom. The molecule has 2 aromatic carbocycles. The average molecular weight is 516 g/mol. The molecule has 1 heterocycles. The largest absolute Gasteiger partial charge is 0.307 e. The Bertz CT molecular complexity index is 1360. The molecule has 1 atom stereocenters. The quantitative estimate of drug-likeness (QED) is 0.566. The lowest BCUT2D eigenvalue weighted by Crippen LogP contribution is -2.38. The van der Waals surface area contributed by atoms with Crippen LogP contribution in [0.1, 0.15) is 73.7 Å². The van der Waals surface area contributed by atoms with Crippen molar-refractivity contribution in [2.45, 2.75) is 73.3 Å². The van der Waals surface area contributed by atoms with Crippen LogP contribution in [0.3, 0.4) is 0 Å². The van der Waals surface area contributed by atoms with E-state index in [0.717, 1.165) is 75.3 Å². The maximum absolute atomic E-state index is 13.8. The SMILES string of the molecule is CS(=O)(=O)Nc1ccc2c(c1)C1(CCCCC1)CN2C(=O)c1cccc(S(=N)(=O)C2CCCC2)c1. The van der Waals surface area contributed by atoms with Gasteiger partial charge in [0, 0.05) is 39.0 Å². The van der Waals surface area contributed by atoms with Gasteiger partial charge in [0.1, 0.15) is 0 Å². The second-order valence-electron chi connectivity index (χ2n) is 10.4. The normalized spacial score (nSPS) is 21.6. The summed E-state index contributed by atoms with van der Waals surface area (Å²) in [5.74, 6) is -0.166. The molecule has 188 valence electrons. The highest BCUT2D eigenvalue weighted by molar-refractivity contribution is 7.93. The molecular weight excluding hydrogens is 482 g/mol. The molecule has 2 fully saturated rings.